The van der Waals surface area contributed by atoms with E-state index in [2.05, 4.69) is 28.8 Å². The van der Waals surface area contributed by atoms with Crippen LogP contribution < -0.4 is 10.6 Å². The van der Waals surface area contributed by atoms with E-state index < -0.39 is 0 Å². The summed E-state index contributed by atoms with van der Waals surface area (Å²) < 4.78 is 0. The number of rotatable bonds is 4. The molecule has 1 saturated heterocycles. The number of nitrogen functional groups attached to an aromatic ring is 1. The van der Waals surface area contributed by atoms with Crippen molar-refractivity contribution in [1.29, 1.82) is 0 Å². The molecule has 0 aromatic carbocycles. The SMILES string of the molecule is Cc1cc(N)cnc1N(C)CCN1CCCC1. The third-order valence-electron chi connectivity index (χ3n) is 3.38. The first-order valence-electron chi connectivity index (χ1n) is 6.32. The predicted molar refractivity (Wildman–Crippen MR) is 72.3 cm³/mol. The highest BCUT2D eigenvalue weighted by molar-refractivity contribution is 5.52. The Kier molecular flexibility index (Phi) is 3.84. The Morgan fingerprint density at radius 2 is 2.12 bits per heavy atom. The van der Waals surface area contributed by atoms with Gasteiger partial charge in [-0.2, -0.15) is 0 Å². The van der Waals surface area contributed by atoms with Crippen LogP contribution in [0.15, 0.2) is 12.3 Å². The summed E-state index contributed by atoms with van der Waals surface area (Å²) in [4.78, 5) is 9.14. The van der Waals surface area contributed by atoms with Gasteiger partial charge < -0.3 is 15.5 Å². The van der Waals surface area contributed by atoms with Crippen molar-refractivity contribution < 1.29 is 0 Å². The van der Waals surface area contributed by atoms with Crippen LogP contribution in [-0.2, 0) is 0 Å². The molecule has 1 aromatic heterocycles. The Hall–Kier alpha value is -1.29. The van der Waals surface area contributed by atoms with Crippen LogP contribution in [0.2, 0.25) is 0 Å². The molecule has 0 amide bonds. The molecule has 1 aromatic rings. The second-order valence-electron chi connectivity index (χ2n) is 4.88. The van der Waals surface area contributed by atoms with Crippen molar-refractivity contribution in [2.45, 2.75) is 19.8 Å². The topological polar surface area (TPSA) is 45.4 Å². The third-order valence-corrected chi connectivity index (χ3v) is 3.38. The molecule has 0 unspecified atom stereocenters. The van der Waals surface area contributed by atoms with Gasteiger partial charge in [-0.05, 0) is 44.5 Å². The summed E-state index contributed by atoms with van der Waals surface area (Å²) in [5.41, 5.74) is 7.59. The number of anilines is 2. The highest BCUT2D eigenvalue weighted by atomic mass is 15.2. The lowest BCUT2D eigenvalue weighted by atomic mass is 10.2. The minimum atomic E-state index is 0.735. The molecular weight excluding hydrogens is 212 g/mol. The second kappa shape index (κ2) is 5.36. The zero-order valence-corrected chi connectivity index (χ0v) is 10.8. The molecule has 1 aliphatic rings. The Morgan fingerprint density at radius 1 is 1.41 bits per heavy atom. The van der Waals surface area contributed by atoms with Gasteiger partial charge in [0.1, 0.15) is 5.82 Å². The third kappa shape index (κ3) is 3.09. The molecule has 0 saturated carbocycles. The van der Waals surface area contributed by atoms with Crippen LogP contribution in [0.1, 0.15) is 18.4 Å². The Morgan fingerprint density at radius 3 is 2.76 bits per heavy atom. The number of pyridine rings is 1. The highest BCUT2D eigenvalue weighted by Crippen LogP contribution is 2.17. The minimum absolute atomic E-state index is 0.735. The van der Waals surface area contributed by atoms with Gasteiger partial charge in [0.2, 0.25) is 0 Å². The average Bonchev–Trinajstić information content (AvgIpc) is 2.78. The fourth-order valence-corrected chi connectivity index (χ4v) is 2.39. The molecule has 2 rings (SSSR count). The van der Waals surface area contributed by atoms with E-state index in [4.69, 9.17) is 5.73 Å². The lowest BCUT2D eigenvalue weighted by molar-refractivity contribution is 0.346. The van der Waals surface area contributed by atoms with Crippen molar-refractivity contribution >= 4 is 11.5 Å². The van der Waals surface area contributed by atoms with E-state index in [1.807, 2.05) is 6.07 Å². The molecule has 2 N–H and O–H groups in total. The van der Waals surface area contributed by atoms with Gasteiger partial charge in [-0.3, -0.25) is 0 Å². The van der Waals surface area contributed by atoms with Crippen LogP contribution >= 0.6 is 0 Å². The van der Waals surface area contributed by atoms with Gasteiger partial charge in [0, 0.05) is 20.1 Å². The number of aromatic nitrogens is 1. The van der Waals surface area contributed by atoms with E-state index in [0.717, 1.165) is 30.2 Å². The van der Waals surface area contributed by atoms with Crippen molar-refractivity contribution in [3.05, 3.63) is 17.8 Å². The molecule has 4 heteroatoms. The fourth-order valence-electron chi connectivity index (χ4n) is 2.39. The van der Waals surface area contributed by atoms with Crippen molar-refractivity contribution in [2.75, 3.05) is 43.9 Å². The molecule has 1 aliphatic heterocycles. The van der Waals surface area contributed by atoms with Crippen molar-refractivity contribution in [2.24, 2.45) is 0 Å². The lowest BCUT2D eigenvalue weighted by Crippen LogP contribution is -2.32. The number of aryl methyl sites for hydroxylation is 1. The number of nitrogens with zero attached hydrogens (tertiary/aromatic N) is 3. The standard InChI is InChI=1S/C13H22N4/c1-11-9-12(14)10-15-13(11)16(2)7-8-17-5-3-4-6-17/h9-10H,3-8,14H2,1-2H3. The summed E-state index contributed by atoms with van der Waals surface area (Å²) in [7, 11) is 2.10. The zero-order chi connectivity index (χ0) is 12.3. The smallest absolute Gasteiger partial charge is 0.131 e. The van der Waals surface area contributed by atoms with E-state index in [1.54, 1.807) is 6.20 Å². The summed E-state index contributed by atoms with van der Waals surface area (Å²) in [6.07, 6.45) is 4.43. The van der Waals surface area contributed by atoms with Crippen molar-refractivity contribution in [3.8, 4) is 0 Å². The summed E-state index contributed by atoms with van der Waals surface area (Å²) in [5, 5.41) is 0. The van der Waals surface area contributed by atoms with Crippen LogP contribution in [0.25, 0.3) is 0 Å². The Labute approximate surface area is 103 Å². The van der Waals surface area contributed by atoms with Crippen LogP contribution in [0.3, 0.4) is 0 Å². The minimum Gasteiger partial charge on any atom is -0.397 e. The lowest BCUT2D eigenvalue weighted by Gasteiger charge is -2.23. The molecule has 17 heavy (non-hydrogen) atoms. The first kappa shape index (κ1) is 12.2. The summed E-state index contributed by atoms with van der Waals surface area (Å²) in [5.74, 6) is 1.04. The van der Waals surface area contributed by atoms with Crippen molar-refractivity contribution in [1.82, 2.24) is 9.88 Å². The number of hydrogen-bond acceptors (Lipinski definition) is 4. The Bertz CT molecular complexity index is 372. The highest BCUT2D eigenvalue weighted by Gasteiger charge is 2.13. The Balaban J connectivity index is 1.91. The normalized spacial score (nSPS) is 16.4. The van der Waals surface area contributed by atoms with E-state index in [-0.39, 0.29) is 0 Å². The van der Waals surface area contributed by atoms with Gasteiger partial charge in [0.15, 0.2) is 0 Å². The zero-order valence-electron chi connectivity index (χ0n) is 10.8. The number of hydrogen-bond donors (Lipinski definition) is 1. The van der Waals surface area contributed by atoms with Gasteiger partial charge >= 0.3 is 0 Å². The van der Waals surface area contributed by atoms with E-state index in [0.29, 0.717) is 0 Å². The van der Waals surface area contributed by atoms with Crippen LogP contribution in [0.4, 0.5) is 11.5 Å². The molecule has 0 bridgehead atoms. The average molecular weight is 234 g/mol. The van der Waals surface area contributed by atoms with Gasteiger partial charge in [-0.15, -0.1) is 0 Å². The molecule has 94 valence electrons. The fraction of sp³-hybridized carbons (Fsp3) is 0.615. The van der Waals surface area contributed by atoms with Gasteiger partial charge in [0.25, 0.3) is 0 Å². The molecule has 2 heterocycles. The van der Waals surface area contributed by atoms with Gasteiger partial charge in [-0.1, -0.05) is 0 Å². The molecule has 0 radical (unpaired) electrons. The molecule has 1 fully saturated rings. The summed E-state index contributed by atoms with van der Waals surface area (Å²) >= 11 is 0. The van der Waals surface area contributed by atoms with E-state index in [1.165, 1.54) is 25.9 Å². The largest absolute Gasteiger partial charge is 0.397 e. The maximum absolute atomic E-state index is 5.71. The number of likely N-dealkylation sites (tertiary alicyclic amines) is 1. The molecule has 0 atom stereocenters. The first-order chi connectivity index (χ1) is 8.16. The first-order valence-corrected chi connectivity index (χ1v) is 6.32. The number of likely N-dealkylation sites (N-methyl/N-ethyl adjacent to an activating group) is 1. The maximum atomic E-state index is 5.71. The molecule has 0 aliphatic carbocycles. The quantitative estimate of drug-likeness (QED) is 0.857. The van der Waals surface area contributed by atoms with E-state index >= 15 is 0 Å². The predicted octanol–water partition coefficient (Wildman–Crippen LogP) is 1.50. The van der Waals surface area contributed by atoms with Gasteiger partial charge in [0.05, 0.1) is 11.9 Å². The van der Waals surface area contributed by atoms with Crippen LogP contribution in [-0.4, -0.2) is 43.1 Å². The summed E-state index contributed by atoms with van der Waals surface area (Å²) in [6.45, 7) is 6.72. The molecule has 4 nitrogen and oxygen atoms in total. The summed E-state index contributed by atoms with van der Waals surface area (Å²) in [6, 6.07) is 1.98. The van der Waals surface area contributed by atoms with Crippen molar-refractivity contribution in [3.63, 3.8) is 0 Å². The van der Waals surface area contributed by atoms with Crippen LogP contribution in [0, 0.1) is 6.92 Å². The number of nitrogens with two attached hydrogens (primary N) is 1. The van der Waals surface area contributed by atoms with Crippen LogP contribution in [0.5, 0.6) is 0 Å². The molecular formula is C13H22N4. The maximum Gasteiger partial charge on any atom is 0.131 e. The van der Waals surface area contributed by atoms with E-state index in [9.17, 15) is 0 Å². The second-order valence-corrected chi connectivity index (χ2v) is 4.88. The molecule has 0 spiro atoms. The monoisotopic (exact) mass is 234 g/mol. The van der Waals surface area contributed by atoms with Gasteiger partial charge in [-0.25, -0.2) is 4.98 Å².